The smallest absolute Gasteiger partial charge is 0.115 e. The lowest BCUT2D eigenvalue weighted by molar-refractivity contribution is 0.474. The first kappa shape index (κ1) is 20.4. The van der Waals surface area contributed by atoms with Crippen molar-refractivity contribution in [2.45, 2.75) is 77.0 Å². The average Bonchev–Trinajstić information content (AvgIpc) is 2.65. The Morgan fingerprint density at radius 1 is 0.577 bits per heavy atom. The zero-order chi connectivity index (χ0) is 18.6. The molecule has 0 atom stereocenters. The lowest BCUT2D eigenvalue weighted by atomic mass is 9.86. The highest BCUT2D eigenvalue weighted by molar-refractivity contribution is 5.37. The van der Waals surface area contributed by atoms with Gasteiger partial charge in [0.15, 0.2) is 0 Å². The van der Waals surface area contributed by atoms with Gasteiger partial charge in [-0.2, -0.15) is 0 Å². The van der Waals surface area contributed by atoms with Gasteiger partial charge in [-0.15, -0.1) is 0 Å². The Labute approximate surface area is 158 Å². The molecular weight excluding hydrogens is 320 g/mol. The van der Waals surface area contributed by atoms with E-state index in [0.29, 0.717) is 17.4 Å². The summed E-state index contributed by atoms with van der Waals surface area (Å²) < 4.78 is 0. The summed E-state index contributed by atoms with van der Waals surface area (Å²) in [6.45, 7) is 2.26. The second kappa shape index (κ2) is 11.6. The highest BCUT2D eigenvalue weighted by Gasteiger charge is 2.14. The maximum Gasteiger partial charge on any atom is 0.115 e. The molecule has 2 rings (SSSR count). The predicted molar refractivity (Wildman–Crippen MR) is 110 cm³/mol. The van der Waals surface area contributed by atoms with Crippen LogP contribution in [0, 0.1) is 0 Å². The van der Waals surface area contributed by atoms with Crippen LogP contribution in [0.15, 0.2) is 48.5 Å². The van der Waals surface area contributed by atoms with Crippen molar-refractivity contribution in [3.05, 3.63) is 59.7 Å². The molecule has 2 aromatic carbocycles. The molecule has 0 radical (unpaired) electrons. The van der Waals surface area contributed by atoms with E-state index in [1.54, 1.807) is 24.3 Å². The molecule has 26 heavy (non-hydrogen) atoms. The van der Waals surface area contributed by atoms with E-state index in [9.17, 15) is 10.2 Å². The Morgan fingerprint density at radius 2 is 0.962 bits per heavy atom. The first-order valence-corrected chi connectivity index (χ1v) is 10.3. The van der Waals surface area contributed by atoms with Crippen molar-refractivity contribution >= 4 is 0 Å². The topological polar surface area (TPSA) is 40.5 Å². The quantitative estimate of drug-likeness (QED) is 0.397. The van der Waals surface area contributed by atoms with Gasteiger partial charge in [0.25, 0.3) is 0 Å². The minimum atomic E-state index is 0.307. The summed E-state index contributed by atoms with van der Waals surface area (Å²) >= 11 is 0. The molecule has 0 saturated carbocycles. The summed E-state index contributed by atoms with van der Waals surface area (Å²) in [6.07, 6.45) is 13.1. The first-order valence-electron chi connectivity index (χ1n) is 10.3. The molecule has 0 spiro atoms. The van der Waals surface area contributed by atoms with Gasteiger partial charge in [-0.25, -0.2) is 0 Å². The number of unbranched alkanes of at least 4 members (excludes halogenated alkanes) is 8. The zero-order valence-corrected chi connectivity index (χ0v) is 16.2. The fourth-order valence-electron chi connectivity index (χ4n) is 3.60. The first-order chi connectivity index (χ1) is 12.7. The van der Waals surface area contributed by atoms with Crippen molar-refractivity contribution in [2.24, 2.45) is 0 Å². The van der Waals surface area contributed by atoms with Crippen molar-refractivity contribution in [3.63, 3.8) is 0 Å². The van der Waals surface area contributed by atoms with Crippen LogP contribution >= 0.6 is 0 Å². The molecule has 0 fully saturated rings. The van der Waals surface area contributed by atoms with Crippen molar-refractivity contribution in [1.82, 2.24) is 0 Å². The minimum absolute atomic E-state index is 0.307. The number of hydrogen-bond acceptors (Lipinski definition) is 2. The molecule has 0 aliphatic carbocycles. The molecule has 0 heterocycles. The van der Waals surface area contributed by atoms with Crippen LogP contribution in [-0.4, -0.2) is 10.2 Å². The molecule has 0 amide bonds. The second-order valence-corrected chi connectivity index (χ2v) is 7.35. The molecule has 0 aliphatic heterocycles. The maximum atomic E-state index is 9.56. The molecule has 0 saturated heterocycles. The van der Waals surface area contributed by atoms with Gasteiger partial charge in [0.1, 0.15) is 11.5 Å². The third kappa shape index (κ3) is 7.11. The third-order valence-corrected chi connectivity index (χ3v) is 5.19. The molecule has 2 nitrogen and oxygen atoms in total. The van der Waals surface area contributed by atoms with Gasteiger partial charge < -0.3 is 10.2 Å². The minimum Gasteiger partial charge on any atom is -0.508 e. The van der Waals surface area contributed by atoms with Crippen LogP contribution in [0.3, 0.4) is 0 Å². The van der Waals surface area contributed by atoms with Gasteiger partial charge in [0, 0.05) is 5.92 Å². The summed E-state index contributed by atoms with van der Waals surface area (Å²) in [5, 5.41) is 19.1. The van der Waals surface area contributed by atoms with E-state index in [1.807, 2.05) is 24.3 Å². The molecule has 0 bridgehead atoms. The van der Waals surface area contributed by atoms with Crippen molar-refractivity contribution < 1.29 is 10.2 Å². The summed E-state index contributed by atoms with van der Waals surface area (Å²) in [4.78, 5) is 0. The lowest BCUT2D eigenvalue weighted by Crippen LogP contribution is -2.01. The molecule has 0 unspecified atom stereocenters. The van der Waals surface area contributed by atoms with Gasteiger partial charge in [-0.05, 0) is 41.8 Å². The molecule has 142 valence electrons. The number of rotatable bonds is 12. The molecule has 2 N–H and O–H groups in total. The number of hydrogen-bond donors (Lipinski definition) is 2. The third-order valence-electron chi connectivity index (χ3n) is 5.19. The summed E-state index contributed by atoms with van der Waals surface area (Å²) in [6, 6.07) is 15.1. The fourth-order valence-corrected chi connectivity index (χ4v) is 3.60. The Morgan fingerprint density at radius 3 is 1.38 bits per heavy atom. The average molecular weight is 355 g/mol. The number of benzene rings is 2. The standard InChI is InChI=1S/C24H34O2/c1-2-3-4-5-6-7-8-9-10-11-24(20-12-16-22(25)17-13-20)21-14-18-23(26)19-15-21/h12-19,24-26H,2-11H2,1H3. The molecule has 0 aliphatic rings. The van der Waals surface area contributed by atoms with Crippen LogP contribution in [-0.2, 0) is 0 Å². The monoisotopic (exact) mass is 354 g/mol. The Hall–Kier alpha value is -1.96. The van der Waals surface area contributed by atoms with E-state index in [0.717, 1.165) is 6.42 Å². The summed E-state index contributed by atoms with van der Waals surface area (Å²) in [7, 11) is 0. The van der Waals surface area contributed by atoms with Crippen LogP contribution < -0.4 is 0 Å². The van der Waals surface area contributed by atoms with Crippen LogP contribution in [0.4, 0.5) is 0 Å². The van der Waals surface area contributed by atoms with E-state index in [-0.39, 0.29) is 0 Å². The van der Waals surface area contributed by atoms with E-state index in [1.165, 1.54) is 68.9 Å². The van der Waals surface area contributed by atoms with Gasteiger partial charge in [0.2, 0.25) is 0 Å². The lowest BCUT2D eigenvalue weighted by Gasteiger charge is -2.18. The molecular formula is C24H34O2. The predicted octanol–water partition coefficient (Wildman–Crippen LogP) is 7.15. The van der Waals surface area contributed by atoms with Crippen LogP contribution in [0.5, 0.6) is 11.5 Å². The van der Waals surface area contributed by atoms with Crippen molar-refractivity contribution in [2.75, 3.05) is 0 Å². The van der Waals surface area contributed by atoms with Gasteiger partial charge in [0.05, 0.1) is 0 Å². The number of phenols is 2. The highest BCUT2D eigenvalue weighted by atomic mass is 16.3. The van der Waals surface area contributed by atoms with Crippen LogP contribution in [0.2, 0.25) is 0 Å². The van der Waals surface area contributed by atoms with Gasteiger partial charge >= 0.3 is 0 Å². The van der Waals surface area contributed by atoms with Crippen molar-refractivity contribution in [3.8, 4) is 11.5 Å². The number of aromatic hydroxyl groups is 2. The zero-order valence-electron chi connectivity index (χ0n) is 16.2. The van der Waals surface area contributed by atoms with E-state index < -0.39 is 0 Å². The Bertz CT molecular complexity index is 556. The van der Waals surface area contributed by atoms with E-state index in [4.69, 9.17) is 0 Å². The van der Waals surface area contributed by atoms with Crippen LogP contribution in [0.25, 0.3) is 0 Å². The summed E-state index contributed by atoms with van der Waals surface area (Å²) in [5.41, 5.74) is 2.46. The van der Waals surface area contributed by atoms with E-state index in [2.05, 4.69) is 6.92 Å². The SMILES string of the molecule is CCCCCCCCCCCC(c1ccc(O)cc1)c1ccc(O)cc1. The number of phenolic OH excluding ortho intramolecular Hbond substituents is 2. The normalized spacial score (nSPS) is 11.2. The second-order valence-electron chi connectivity index (χ2n) is 7.35. The van der Waals surface area contributed by atoms with Gasteiger partial charge in [-0.3, -0.25) is 0 Å². The molecule has 2 aromatic rings. The Kier molecular flexibility index (Phi) is 9.09. The highest BCUT2D eigenvalue weighted by Crippen LogP contribution is 2.32. The fraction of sp³-hybridized carbons (Fsp3) is 0.500. The molecule has 0 aromatic heterocycles. The largest absolute Gasteiger partial charge is 0.508 e. The van der Waals surface area contributed by atoms with Crippen LogP contribution in [0.1, 0.15) is 88.2 Å². The van der Waals surface area contributed by atoms with Crippen molar-refractivity contribution in [1.29, 1.82) is 0 Å². The molecule has 2 heteroatoms. The Balaban J connectivity index is 1.83. The van der Waals surface area contributed by atoms with Gasteiger partial charge in [-0.1, -0.05) is 89.0 Å². The maximum absolute atomic E-state index is 9.56. The summed E-state index contributed by atoms with van der Waals surface area (Å²) in [5.74, 6) is 0.934. The van der Waals surface area contributed by atoms with E-state index >= 15 is 0 Å².